The summed E-state index contributed by atoms with van der Waals surface area (Å²) in [7, 11) is 0. The van der Waals surface area contributed by atoms with Gasteiger partial charge in [0.05, 0.1) is 12.2 Å². The van der Waals surface area contributed by atoms with E-state index in [0.29, 0.717) is 0 Å². The molecule has 0 aliphatic carbocycles. The van der Waals surface area contributed by atoms with Crippen molar-refractivity contribution in [1.29, 1.82) is 0 Å². The number of ether oxygens (including phenoxy) is 1. The van der Waals surface area contributed by atoms with Crippen LogP contribution in [-0.4, -0.2) is 0 Å². The summed E-state index contributed by atoms with van der Waals surface area (Å²) in [4.78, 5) is 0. The Morgan fingerprint density at radius 1 is 0.370 bits per heavy atom. The highest BCUT2D eigenvalue weighted by atomic mass is 16.5. The van der Waals surface area contributed by atoms with Gasteiger partial charge in [0.25, 0.3) is 0 Å². The summed E-state index contributed by atoms with van der Waals surface area (Å²) < 4.78 is 6.65. The fraction of sp³-hybridized carbons (Fsp3) is 0.538. The van der Waals surface area contributed by atoms with Gasteiger partial charge in [-0.1, -0.05) is 0 Å². The molecule has 0 saturated heterocycles. The zero-order chi connectivity index (χ0) is 20.8. The molecule has 0 aliphatic rings. The predicted molar refractivity (Wildman–Crippen MR) is 118 cm³/mol. The first-order valence-electron chi connectivity index (χ1n) is 10.2. The zero-order valence-electron chi connectivity index (χ0n) is 19.6. The molecule has 0 aliphatic heterocycles. The van der Waals surface area contributed by atoms with E-state index < -0.39 is 0 Å². The molecule has 0 aromatic heterocycles. The summed E-state index contributed by atoms with van der Waals surface area (Å²) in [6, 6.07) is 0. The first-order valence-corrected chi connectivity index (χ1v) is 10.2. The van der Waals surface area contributed by atoms with Crippen LogP contribution < -0.4 is 0 Å². The van der Waals surface area contributed by atoms with Gasteiger partial charge in [0.2, 0.25) is 0 Å². The van der Waals surface area contributed by atoms with Gasteiger partial charge in [0, 0.05) is 0 Å². The SMILES string of the molecule is Cc1c(C)c(C)c([C@H](C)O[C@H](C)c2c(C)c(C)c(C)c(C)c2C)c(C)c1C. The van der Waals surface area contributed by atoms with Crippen molar-refractivity contribution in [3.8, 4) is 0 Å². The van der Waals surface area contributed by atoms with Crippen LogP contribution in [0.3, 0.4) is 0 Å². The highest BCUT2D eigenvalue weighted by Crippen LogP contribution is 2.37. The van der Waals surface area contributed by atoms with Crippen molar-refractivity contribution in [3.05, 3.63) is 66.8 Å². The monoisotopic (exact) mass is 366 g/mol. The van der Waals surface area contributed by atoms with Gasteiger partial charge in [0.15, 0.2) is 0 Å². The molecule has 2 rings (SSSR count). The molecule has 2 aromatic carbocycles. The molecule has 0 heterocycles. The maximum Gasteiger partial charge on any atom is 0.0810 e. The number of benzene rings is 2. The lowest BCUT2D eigenvalue weighted by Gasteiger charge is -2.29. The molecular weight excluding hydrogens is 328 g/mol. The summed E-state index contributed by atoms with van der Waals surface area (Å²) in [6.07, 6.45) is 0.137. The summed E-state index contributed by atoms with van der Waals surface area (Å²) >= 11 is 0. The average Bonchev–Trinajstić information content (AvgIpc) is 2.61. The van der Waals surface area contributed by atoms with Gasteiger partial charge < -0.3 is 4.74 Å². The lowest BCUT2D eigenvalue weighted by atomic mass is 9.86. The van der Waals surface area contributed by atoms with Crippen molar-refractivity contribution in [1.82, 2.24) is 0 Å². The summed E-state index contributed by atoms with van der Waals surface area (Å²) in [5.41, 5.74) is 16.6. The average molecular weight is 367 g/mol. The van der Waals surface area contributed by atoms with Gasteiger partial charge in [-0.15, -0.1) is 0 Å². The lowest BCUT2D eigenvalue weighted by molar-refractivity contribution is 0.00446. The molecular formula is C26H38O. The van der Waals surface area contributed by atoms with Gasteiger partial charge in [-0.05, 0) is 150 Å². The van der Waals surface area contributed by atoms with E-state index in [1.807, 2.05) is 0 Å². The Morgan fingerprint density at radius 2 is 0.556 bits per heavy atom. The third-order valence-corrected chi connectivity index (χ3v) is 7.34. The molecule has 0 bridgehead atoms. The van der Waals surface area contributed by atoms with Crippen molar-refractivity contribution < 1.29 is 4.74 Å². The molecule has 27 heavy (non-hydrogen) atoms. The predicted octanol–water partition coefficient (Wildman–Crippen LogP) is 7.61. The van der Waals surface area contributed by atoms with E-state index in [-0.39, 0.29) is 12.2 Å². The van der Waals surface area contributed by atoms with Crippen LogP contribution in [0.4, 0.5) is 0 Å². The molecule has 148 valence electrons. The summed E-state index contributed by atoms with van der Waals surface area (Å²) in [5.74, 6) is 0. The van der Waals surface area contributed by atoms with Crippen LogP contribution in [0.15, 0.2) is 0 Å². The number of hydrogen-bond acceptors (Lipinski definition) is 1. The summed E-state index contributed by atoms with van der Waals surface area (Å²) in [5, 5.41) is 0. The number of rotatable bonds is 4. The molecule has 1 heteroatoms. The Hall–Kier alpha value is -1.60. The Morgan fingerprint density at radius 3 is 0.778 bits per heavy atom. The Kier molecular flexibility index (Phi) is 6.26. The topological polar surface area (TPSA) is 9.23 Å². The molecule has 0 amide bonds. The van der Waals surface area contributed by atoms with Crippen LogP contribution in [0.5, 0.6) is 0 Å². The van der Waals surface area contributed by atoms with E-state index >= 15 is 0 Å². The lowest BCUT2D eigenvalue weighted by Crippen LogP contribution is -2.14. The molecule has 0 radical (unpaired) electrons. The molecule has 0 spiro atoms. The Labute approximate surface area is 167 Å². The standard InChI is InChI=1S/C26H38O/c1-13-15(3)19(7)25(20(8)16(13)4)23(11)27-24(12)26-21(9)17(5)14(2)18(6)22(26)10/h23-24H,1-12H3/t23-,24+. The quantitative estimate of drug-likeness (QED) is 0.541. The van der Waals surface area contributed by atoms with Crippen LogP contribution in [0.2, 0.25) is 0 Å². The number of hydrogen-bond donors (Lipinski definition) is 0. The minimum Gasteiger partial charge on any atom is -0.366 e. The molecule has 0 N–H and O–H groups in total. The van der Waals surface area contributed by atoms with Gasteiger partial charge >= 0.3 is 0 Å². The minimum atomic E-state index is 0.0683. The Bertz CT molecular complexity index is 755. The van der Waals surface area contributed by atoms with Crippen molar-refractivity contribution in [2.75, 3.05) is 0 Å². The molecule has 0 saturated carbocycles. The van der Waals surface area contributed by atoms with Crippen LogP contribution in [0, 0.1) is 69.2 Å². The van der Waals surface area contributed by atoms with Crippen LogP contribution >= 0.6 is 0 Å². The second-order valence-corrected chi connectivity index (χ2v) is 8.50. The van der Waals surface area contributed by atoms with Crippen LogP contribution in [-0.2, 0) is 4.74 Å². The summed E-state index contributed by atoms with van der Waals surface area (Å²) in [6.45, 7) is 26.8. The largest absolute Gasteiger partial charge is 0.366 e. The fourth-order valence-electron chi connectivity index (χ4n) is 4.72. The van der Waals surface area contributed by atoms with Crippen molar-refractivity contribution >= 4 is 0 Å². The first-order chi connectivity index (χ1) is 12.4. The molecule has 1 nitrogen and oxygen atoms in total. The van der Waals surface area contributed by atoms with Crippen molar-refractivity contribution in [2.24, 2.45) is 0 Å². The molecule has 0 unspecified atom stereocenters. The van der Waals surface area contributed by atoms with E-state index in [4.69, 9.17) is 4.74 Å². The van der Waals surface area contributed by atoms with E-state index in [2.05, 4.69) is 83.1 Å². The maximum absolute atomic E-state index is 6.65. The van der Waals surface area contributed by atoms with E-state index in [1.165, 1.54) is 66.8 Å². The third-order valence-electron chi connectivity index (χ3n) is 7.34. The molecule has 0 fully saturated rings. The fourth-order valence-corrected chi connectivity index (χ4v) is 4.72. The highest BCUT2D eigenvalue weighted by Gasteiger charge is 2.23. The van der Waals surface area contributed by atoms with Gasteiger partial charge in [-0.25, -0.2) is 0 Å². The normalized spacial score (nSPS) is 13.8. The van der Waals surface area contributed by atoms with E-state index in [9.17, 15) is 0 Å². The molecule has 2 aromatic rings. The molecule has 2 atom stereocenters. The van der Waals surface area contributed by atoms with Crippen LogP contribution in [0.25, 0.3) is 0 Å². The van der Waals surface area contributed by atoms with Gasteiger partial charge in [-0.3, -0.25) is 0 Å². The zero-order valence-corrected chi connectivity index (χ0v) is 19.6. The maximum atomic E-state index is 6.65. The van der Waals surface area contributed by atoms with Crippen molar-refractivity contribution in [3.63, 3.8) is 0 Å². The second-order valence-electron chi connectivity index (χ2n) is 8.50. The minimum absolute atomic E-state index is 0.0683. The van der Waals surface area contributed by atoms with E-state index in [1.54, 1.807) is 0 Å². The van der Waals surface area contributed by atoms with Crippen molar-refractivity contribution in [2.45, 2.75) is 95.3 Å². The van der Waals surface area contributed by atoms with Gasteiger partial charge in [0.1, 0.15) is 0 Å². The van der Waals surface area contributed by atoms with Crippen LogP contribution in [0.1, 0.15) is 92.8 Å². The van der Waals surface area contributed by atoms with Gasteiger partial charge in [-0.2, -0.15) is 0 Å². The third kappa shape index (κ3) is 3.59. The second kappa shape index (κ2) is 7.80. The van der Waals surface area contributed by atoms with E-state index in [0.717, 1.165) is 0 Å². The Balaban J connectivity index is 2.48. The highest BCUT2D eigenvalue weighted by molar-refractivity contribution is 5.51. The smallest absolute Gasteiger partial charge is 0.0810 e. The first kappa shape index (κ1) is 21.7.